The van der Waals surface area contributed by atoms with Gasteiger partial charge in [0.1, 0.15) is 0 Å². The van der Waals surface area contributed by atoms with E-state index in [1.165, 1.54) is 44.9 Å². The maximum atomic E-state index is 6.50. The van der Waals surface area contributed by atoms with E-state index in [9.17, 15) is 0 Å². The Morgan fingerprint density at radius 3 is 2.00 bits per heavy atom. The van der Waals surface area contributed by atoms with Gasteiger partial charge in [0, 0.05) is 6.57 Å². The second-order valence-electron chi connectivity index (χ2n) is 3.74. The molecule has 1 unspecified atom stereocenters. The standard InChI is InChI=1S/C11H24.CHN/c1-4-6-7-8-10-11(3)9-5-2;1-2/h11H,4-10H2,1-3H3;1H. The molecule has 0 saturated carbocycles. The molecule has 1 heteroatoms. The molecule has 13 heavy (non-hydrogen) atoms. The minimum Gasteiger partial charge on any atom is -0.202 e. The first-order valence-corrected chi connectivity index (χ1v) is 5.57. The lowest BCUT2D eigenvalue weighted by atomic mass is 9.98. The Bertz CT molecular complexity index is 96.5. The molecular formula is C12H25N. The lowest BCUT2D eigenvalue weighted by molar-refractivity contribution is 0.455. The Hall–Kier alpha value is -0.510. The Morgan fingerprint density at radius 2 is 1.54 bits per heavy atom. The van der Waals surface area contributed by atoms with Crippen LogP contribution in [-0.4, -0.2) is 0 Å². The third-order valence-electron chi connectivity index (χ3n) is 2.33. The minimum absolute atomic E-state index is 0.969. The zero-order valence-electron chi connectivity index (χ0n) is 9.55. The molecule has 0 N–H and O–H groups in total. The van der Waals surface area contributed by atoms with Crippen LogP contribution in [-0.2, 0) is 0 Å². The lowest BCUT2D eigenvalue weighted by Crippen LogP contribution is -1.93. The quantitative estimate of drug-likeness (QED) is 0.532. The molecule has 0 bridgehead atoms. The van der Waals surface area contributed by atoms with Gasteiger partial charge >= 0.3 is 0 Å². The second kappa shape index (κ2) is 14.0. The van der Waals surface area contributed by atoms with Gasteiger partial charge in [0.15, 0.2) is 0 Å². The van der Waals surface area contributed by atoms with Gasteiger partial charge in [0.05, 0.1) is 0 Å². The van der Waals surface area contributed by atoms with Crippen LogP contribution in [0.1, 0.15) is 65.7 Å². The summed E-state index contributed by atoms with van der Waals surface area (Å²) in [5, 5.41) is 6.50. The van der Waals surface area contributed by atoms with E-state index in [0.29, 0.717) is 0 Å². The average Bonchev–Trinajstić information content (AvgIpc) is 2.16. The van der Waals surface area contributed by atoms with Gasteiger partial charge in [-0.1, -0.05) is 65.7 Å². The van der Waals surface area contributed by atoms with Crippen molar-refractivity contribution in [1.29, 1.82) is 5.26 Å². The molecule has 0 fully saturated rings. The van der Waals surface area contributed by atoms with Crippen LogP contribution in [0.15, 0.2) is 0 Å². The Labute approximate surface area is 84.2 Å². The molecule has 0 aromatic rings. The zero-order valence-corrected chi connectivity index (χ0v) is 9.55. The van der Waals surface area contributed by atoms with Crippen LogP contribution in [0.2, 0.25) is 0 Å². The third kappa shape index (κ3) is 14.4. The van der Waals surface area contributed by atoms with Crippen LogP contribution in [0.25, 0.3) is 0 Å². The molecule has 0 spiro atoms. The number of nitrogens with zero attached hydrogens (tertiary/aromatic N) is 1. The number of rotatable bonds is 7. The number of nitriles is 1. The van der Waals surface area contributed by atoms with Gasteiger partial charge in [-0.15, -0.1) is 0 Å². The van der Waals surface area contributed by atoms with Crippen LogP contribution < -0.4 is 0 Å². The molecule has 0 aromatic heterocycles. The van der Waals surface area contributed by atoms with Gasteiger partial charge < -0.3 is 0 Å². The fourth-order valence-corrected chi connectivity index (χ4v) is 1.56. The first-order valence-electron chi connectivity index (χ1n) is 5.57. The van der Waals surface area contributed by atoms with Crippen LogP contribution >= 0.6 is 0 Å². The topological polar surface area (TPSA) is 23.8 Å². The summed E-state index contributed by atoms with van der Waals surface area (Å²) in [4.78, 5) is 0. The van der Waals surface area contributed by atoms with Crippen molar-refractivity contribution in [3.05, 3.63) is 0 Å². The van der Waals surface area contributed by atoms with E-state index in [0.717, 1.165) is 5.92 Å². The molecule has 78 valence electrons. The molecular weight excluding hydrogens is 158 g/mol. The summed E-state index contributed by atoms with van der Waals surface area (Å²) in [5.41, 5.74) is 0. The molecule has 0 aliphatic rings. The van der Waals surface area contributed by atoms with Gasteiger partial charge in [-0.05, 0) is 5.92 Å². The van der Waals surface area contributed by atoms with E-state index in [1.54, 1.807) is 0 Å². The summed E-state index contributed by atoms with van der Waals surface area (Å²) in [7, 11) is 0. The molecule has 0 aromatic carbocycles. The van der Waals surface area contributed by atoms with E-state index in [2.05, 4.69) is 27.3 Å². The summed E-state index contributed by atoms with van der Waals surface area (Å²) in [6.45, 7) is 10.4. The molecule has 0 saturated heterocycles. The molecule has 0 heterocycles. The highest BCUT2D eigenvalue weighted by Gasteiger charge is 1.98. The normalized spacial score (nSPS) is 11.5. The first kappa shape index (κ1) is 15.0. The summed E-state index contributed by atoms with van der Waals surface area (Å²) < 4.78 is 0. The predicted molar refractivity (Wildman–Crippen MR) is 59.5 cm³/mol. The molecule has 1 atom stereocenters. The van der Waals surface area contributed by atoms with Crippen molar-refractivity contribution in [2.45, 2.75) is 65.7 Å². The van der Waals surface area contributed by atoms with Crippen molar-refractivity contribution in [2.75, 3.05) is 0 Å². The van der Waals surface area contributed by atoms with Crippen molar-refractivity contribution in [2.24, 2.45) is 5.92 Å². The third-order valence-corrected chi connectivity index (χ3v) is 2.33. The smallest absolute Gasteiger partial charge is 0.0462 e. The van der Waals surface area contributed by atoms with Crippen molar-refractivity contribution in [3.8, 4) is 6.57 Å². The van der Waals surface area contributed by atoms with Crippen molar-refractivity contribution in [1.82, 2.24) is 0 Å². The largest absolute Gasteiger partial charge is 0.202 e. The van der Waals surface area contributed by atoms with Gasteiger partial charge in [0.2, 0.25) is 0 Å². The second-order valence-corrected chi connectivity index (χ2v) is 3.74. The maximum absolute atomic E-state index is 6.50. The van der Waals surface area contributed by atoms with Crippen LogP contribution in [0.4, 0.5) is 0 Å². The van der Waals surface area contributed by atoms with Gasteiger partial charge in [-0.2, -0.15) is 0 Å². The van der Waals surface area contributed by atoms with E-state index in [-0.39, 0.29) is 0 Å². The summed E-state index contributed by atoms with van der Waals surface area (Å²) >= 11 is 0. The molecule has 0 aliphatic heterocycles. The van der Waals surface area contributed by atoms with E-state index in [1.807, 2.05) is 0 Å². The van der Waals surface area contributed by atoms with Gasteiger partial charge in [-0.3, -0.25) is 0 Å². The highest BCUT2D eigenvalue weighted by Crippen LogP contribution is 2.14. The van der Waals surface area contributed by atoms with Crippen LogP contribution in [0.3, 0.4) is 0 Å². The Morgan fingerprint density at radius 1 is 0.923 bits per heavy atom. The Balaban J connectivity index is 0. The molecule has 0 rings (SSSR count). The SMILES string of the molecule is C#N.CCCCCCC(C)CCC. The first-order chi connectivity index (χ1) is 6.31. The van der Waals surface area contributed by atoms with E-state index < -0.39 is 0 Å². The molecule has 0 amide bonds. The monoisotopic (exact) mass is 183 g/mol. The highest BCUT2D eigenvalue weighted by molar-refractivity contribution is 4.52. The lowest BCUT2D eigenvalue weighted by Gasteiger charge is -2.08. The summed E-state index contributed by atoms with van der Waals surface area (Å²) in [6.07, 6.45) is 9.93. The summed E-state index contributed by atoms with van der Waals surface area (Å²) in [5.74, 6) is 0.969. The van der Waals surface area contributed by atoms with E-state index in [4.69, 9.17) is 5.26 Å². The molecule has 0 radical (unpaired) electrons. The van der Waals surface area contributed by atoms with Crippen LogP contribution in [0.5, 0.6) is 0 Å². The summed E-state index contributed by atoms with van der Waals surface area (Å²) in [6, 6.07) is 0. The van der Waals surface area contributed by atoms with Crippen molar-refractivity contribution in [3.63, 3.8) is 0 Å². The number of hydrogen-bond acceptors (Lipinski definition) is 1. The van der Waals surface area contributed by atoms with E-state index >= 15 is 0 Å². The van der Waals surface area contributed by atoms with Gasteiger partial charge in [-0.25, -0.2) is 5.26 Å². The number of unbranched alkanes of at least 4 members (excludes halogenated alkanes) is 3. The Kier molecular flexibility index (Phi) is 16.2. The average molecular weight is 183 g/mol. The fourth-order valence-electron chi connectivity index (χ4n) is 1.56. The van der Waals surface area contributed by atoms with Gasteiger partial charge in [0.25, 0.3) is 0 Å². The van der Waals surface area contributed by atoms with Crippen molar-refractivity contribution < 1.29 is 0 Å². The molecule has 1 nitrogen and oxygen atoms in total. The van der Waals surface area contributed by atoms with Crippen LogP contribution in [0, 0.1) is 17.8 Å². The molecule has 0 aliphatic carbocycles. The minimum atomic E-state index is 0.969. The predicted octanol–water partition coefficient (Wildman–Crippen LogP) is 4.53. The zero-order chi connectivity index (χ0) is 10.5. The van der Waals surface area contributed by atoms with Crippen molar-refractivity contribution >= 4 is 0 Å². The fraction of sp³-hybridized carbons (Fsp3) is 0.917. The maximum Gasteiger partial charge on any atom is 0.0462 e. The highest BCUT2D eigenvalue weighted by atomic mass is 14.2. The number of hydrogen-bond donors (Lipinski definition) is 0.